The molecule has 1 amide bonds. The van der Waals surface area contributed by atoms with E-state index in [0.29, 0.717) is 28.4 Å². The Morgan fingerprint density at radius 2 is 2.04 bits per heavy atom. The molecule has 4 rings (SSSR count). The molecule has 0 saturated heterocycles. The minimum atomic E-state index is -0.265. The smallest absolute Gasteiger partial charge is 0.274 e. The predicted molar refractivity (Wildman–Crippen MR) is 94.2 cm³/mol. The van der Waals surface area contributed by atoms with Crippen LogP contribution >= 0.6 is 0 Å². The fourth-order valence-electron chi connectivity index (χ4n) is 2.47. The van der Waals surface area contributed by atoms with Gasteiger partial charge in [-0.1, -0.05) is 0 Å². The van der Waals surface area contributed by atoms with Gasteiger partial charge in [-0.25, -0.2) is 4.98 Å². The summed E-state index contributed by atoms with van der Waals surface area (Å²) in [7, 11) is 0. The number of hydrogen-bond donors (Lipinski definition) is 1. The molecule has 0 aliphatic rings. The zero-order valence-corrected chi connectivity index (χ0v) is 13.4. The monoisotopic (exact) mass is 330 g/mol. The molecule has 1 N–H and O–H groups in total. The Morgan fingerprint density at radius 3 is 2.84 bits per heavy atom. The fraction of sp³-hybridized carbons (Fsp3) is 0.0526. The number of pyridine rings is 2. The van der Waals surface area contributed by atoms with E-state index in [0.717, 1.165) is 11.1 Å². The standard InChI is InChI=1S/C19H14N4O2/c1-12-6-8-21-16(9-12)18(24)22-14-4-5-17-15(10-14)23-19(25-17)13-3-2-7-20-11-13/h2-11H,1H3,(H,22,24). The molecule has 25 heavy (non-hydrogen) atoms. The van der Waals surface area contributed by atoms with E-state index in [2.05, 4.69) is 20.3 Å². The number of oxazole rings is 1. The van der Waals surface area contributed by atoms with Gasteiger partial charge < -0.3 is 9.73 Å². The Morgan fingerprint density at radius 1 is 1.12 bits per heavy atom. The maximum Gasteiger partial charge on any atom is 0.274 e. The lowest BCUT2D eigenvalue weighted by Crippen LogP contribution is -2.13. The molecular formula is C19H14N4O2. The second-order valence-electron chi connectivity index (χ2n) is 5.62. The molecule has 1 aromatic carbocycles. The van der Waals surface area contributed by atoms with E-state index in [9.17, 15) is 4.79 Å². The Bertz CT molecular complexity index is 1060. The van der Waals surface area contributed by atoms with Crippen molar-refractivity contribution in [3.05, 3.63) is 72.3 Å². The van der Waals surface area contributed by atoms with Gasteiger partial charge >= 0.3 is 0 Å². The average molecular weight is 330 g/mol. The van der Waals surface area contributed by atoms with Crippen molar-refractivity contribution in [2.24, 2.45) is 0 Å². The second-order valence-corrected chi connectivity index (χ2v) is 5.62. The largest absolute Gasteiger partial charge is 0.436 e. The summed E-state index contributed by atoms with van der Waals surface area (Å²) in [5, 5.41) is 2.83. The van der Waals surface area contributed by atoms with Crippen molar-refractivity contribution in [3.8, 4) is 11.5 Å². The van der Waals surface area contributed by atoms with Crippen LogP contribution in [-0.2, 0) is 0 Å². The van der Waals surface area contributed by atoms with E-state index in [1.807, 2.05) is 25.1 Å². The first kappa shape index (κ1) is 15.0. The average Bonchev–Trinajstić information content (AvgIpc) is 3.06. The highest BCUT2D eigenvalue weighted by atomic mass is 16.3. The van der Waals surface area contributed by atoms with Gasteiger partial charge in [0.2, 0.25) is 5.89 Å². The zero-order valence-electron chi connectivity index (χ0n) is 13.4. The number of hydrogen-bond acceptors (Lipinski definition) is 5. The Hall–Kier alpha value is -3.54. The SMILES string of the molecule is Cc1ccnc(C(=O)Nc2ccc3oc(-c4cccnc4)nc3c2)c1. The number of carbonyl (C=O) groups is 1. The van der Waals surface area contributed by atoms with Crippen LogP contribution in [-0.4, -0.2) is 20.9 Å². The Kier molecular flexibility index (Phi) is 3.70. The third kappa shape index (κ3) is 3.10. The number of aryl methyl sites for hydroxylation is 1. The Labute approximate surface area is 143 Å². The molecular weight excluding hydrogens is 316 g/mol. The van der Waals surface area contributed by atoms with Crippen LogP contribution in [0.25, 0.3) is 22.6 Å². The molecule has 0 fully saturated rings. The topological polar surface area (TPSA) is 80.9 Å². The van der Waals surface area contributed by atoms with Crippen molar-refractivity contribution in [1.82, 2.24) is 15.0 Å². The molecule has 0 spiro atoms. The van der Waals surface area contributed by atoms with Gasteiger partial charge in [0, 0.05) is 24.3 Å². The van der Waals surface area contributed by atoms with Crippen molar-refractivity contribution in [2.75, 3.05) is 5.32 Å². The molecule has 0 aliphatic carbocycles. The number of carbonyl (C=O) groups excluding carboxylic acids is 1. The maximum atomic E-state index is 12.3. The van der Waals surface area contributed by atoms with Crippen molar-refractivity contribution >= 4 is 22.7 Å². The molecule has 3 heterocycles. The first-order valence-electron chi connectivity index (χ1n) is 7.74. The van der Waals surface area contributed by atoms with Crippen LogP contribution < -0.4 is 5.32 Å². The lowest BCUT2D eigenvalue weighted by Gasteiger charge is -2.04. The van der Waals surface area contributed by atoms with Gasteiger partial charge in [-0.3, -0.25) is 14.8 Å². The quantitative estimate of drug-likeness (QED) is 0.617. The summed E-state index contributed by atoms with van der Waals surface area (Å²) in [6.07, 6.45) is 5.00. The van der Waals surface area contributed by atoms with E-state index in [4.69, 9.17) is 4.42 Å². The molecule has 4 aromatic rings. The van der Waals surface area contributed by atoms with Gasteiger partial charge in [-0.15, -0.1) is 0 Å². The molecule has 122 valence electrons. The van der Waals surface area contributed by atoms with E-state index < -0.39 is 0 Å². The van der Waals surface area contributed by atoms with Crippen LogP contribution in [0.3, 0.4) is 0 Å². The van der Waals surface area contributed by atoms with Gasteiger partial charge in [-0.05, 0) is 55.0 Å². The molecule has 0 saturated carbocycles. The number of anilines is 1. The van der Waals surface area contributed by atoms with Crippen LogP contribution in [0.2, 0.25) is 0 Å². The predicted octanol–water partition coefficient (Wildman–Crippen LogP) is 3.85. The van der Waals surface area contributed by atoms with E-state index in [1.165, 1.54) is 0 Å². The summed E-state index contributed by atoms with van der Waals surface area (Å²) in [6, 6.07) is 12.6. The highest BCUT2D eigenvalue weighted by Gasteiger charge is 2.11. The minimum absolute atomic E-state index is 0.265. The highest BCUT2D eigenvalue weighted by molar-refractivity contribution is 6.03. The Balaban J connectivity index is 1.62. The highest BCUT2D eigenvalue weighted by Crippen LogP contribution is 2.25. The van der Waals surface area contributed by atoms with Gasteiger partial charge in [0.15, 0.2) is 5.58 Å². The lowest BCUT2D eigenvalue weighted by atomic mass is 10.2. The van der Waals surface area contributed by atoms with E-state index in [-0.39, 0.29) is 5.91 Å². The molecule has 6 heteroatoms. The van der Waals surface area contributed by atoms with Gasteiger partial charge in [0.25, 0.3) is 5.91 Å². The third-order valence-electron chi connectivity index (χ3n) is 3.70. The molecule has 6 nitrogen and oxygen atoms in total. The molecule has 0 unspecified atom stereocenters. The maximum absolute atomic E-state index is 12.3. The number of nitrogens with one attached hydrogen (secondary N) is 1. The number of nitrogens with zero attached hydrogens (tertiary/aromatic N) is 3. The summed E-state index contributed by atoms with van der Waals surface area (Å²) in [5.41, 5.74) is 4.09. The first-order chi connectivity index (χ1) is 12.2. The normalized spacial score (nSPS) is 10.8. The molecule has 0 aliphatic heterocycles. The van der Waals surface area contributed by atoms with Crippen molar-refractivity contribution < 1.29 is 9.21 Å². The van der Waals surface area contributed by atoms with Crippen LogP contribution in [0.4, 0.5) is 5.69 Å². The van der Waals surface area contributed by atoms with E-state index in [1.54, 1.807) is 42.9 Å². The third-order valence-corrected chi connectivity index (χ3v) is 3.70. The summed E-state index contributed by atoms with van der Waals surface area (Å²) in [5.74, 6) is 0.228. The van der Waals surface area contributed by atoms with E-state index >= 15 is 0 Å². The molecule has 0 radical (unpaired) electrons. The summed E-state index contributed by atoms with van der Waals surface area (Å²) in [4.78, 5) is 24.9. The number of benzene rings is 1. The molecule has 3 aromatic heterocycles. The van der Waals surface area contributed by atoms with Gasteiger partial charge in [0.1, 0.15) is 11.2 Å². The van der Waals surface area contributed by atoms with Crippen molar-refractivity contribution in [2.45, 2.75) is 6.92 Å². The van der Waals surface area contributed by atoms with Crippen LogP contribution in [0.5, 0.6) is 0 Å². The molecule has 0 atom stereocenters. The lowest BCUT2D eigenvalue weighted by molar-refractivity contribution is 0.102. The number of rotatable bonds is 3. The van der Waals surface area contributed by atoms with Crippen LogP contribution in [0.1, 0.15) is 16.1 Å². The zero-order chi connectivity index (χ0) is 17.2. The number of amides is 1. The summed E-state index contributed by atoms with van der Waals surface area (Å²) >= 11 is 0. The van der Waals surface area contributed by atoms with Crippen LogP contribution in [0.15, 0.2) is 65.5 Å². The number of aromatic nitrogens is 3. The number of fused-ring (bicyclic) bond motifs is 1. The summed E-state index contributed by atoms with van der Waals surface area (Å²) < 4.78 is 5.74. The summed E-state index contributed by atoms with van der Waals surface area (Å²) in [6.45, 7) is 1.92. The van der Waals surface area contributed by atoms with Crippen LogP contribution in [0, 0.1) is 6.92 Å². The molecule has 0 bridgehead atoms. The first-order valence-corrected chi connectivity index (χ1v) is 7.74. The van der Waals surface area contributed by atoms with Crippen molar-refractivity contribution in [1.29, 1.82) is 0 Å². The van der Waals surface area contributed by atoms with Gasteiger partial charge in [0.05, 0.1) is 5.56 Å². The minimum Gasteiger partial charge on any atom is -0.436 e. The van der Waals surface area contributed by atoms with Gasteiger partial charge in [-0.2, -0.15) is 0 Å². The van der Waals surface area contributed by atoms with Crippen molar-refractivity contribution in [3.63, 3.8) is 0 Å². The second kappa shape index (κ2) is 6.16. The fourth-order valence-corrected chi connectivity index (χ4v) is 2.47.